The fourth-order valence-corrected chi connectivity index (χ4v) is 2.60. The largest absolute Gasteiger partial charge is 0.510 e. The molecule has 0 spiro atoms. The molecule has 1 heterocycles. The number of aromatic nitrogens is 2. The van der Waals surface area contributed by atoms with Crippen molar-refractivity contribution in [3.8, 4) is 0 Å². The number of fused-ring (bicyclic) bond motifs is 1. The maximum Gasteiger partial charge on any atom is 0.323 e. The smallest absolute Gasteiger partial charge is 0.323 e. The van der Waals surface area contributed by atoms with Gasteiger partial charge in [-0.05, 0) is 50.6 Å². The first-order valence-electron chi connectivity index (χ1n) is 8.26. The van der Waals surface area contributed by atoms with Crippen molar-refractivity contribution >= 4 is 28.3 Å². The van der Waals surface area contributed by atoms with E-state index in [9.17, 15) is 14.7 Å². The van der Waals surface area contributed by atoms with E-state index in [-0.39, 0.29) is 17.1 Å². The van der Waals surface area contributed by atoms with Gasteiger partial charge < -0.3 is 20.4 Å². The fraction of sp³-hybridized carbons (Fsp3) is 0.158. The molecule has 0 aliphatic rings. The number of rotatable bonds is 4. The normalized spacial score (nSPS) is 12.4. The molecule has 1 amide bonds. The molecule has 0 saturated carbocycles. The number of allylic oxidation sites excluding steroid dienone is 1. The van der Waals surface area contributed by atoms with Crippen LogP contribution in [0.2, 0.25) is 0 Å². The van der Waals surface area contributed by atoms with Crippen LogP contribution in [0.25, 0.3) is 11.0 Å². The molecule has 8 nitrogen and oxygen atoms in total. The van der Waals surface area contributed by atoms with E-state index in [0.717, 1.165) is 11.1 Å². The summed E-state index contributed by atoms with van der Waals surface area (Å²) in [6.07, 6.45) is 0. The van der Waals surface area contributed by atoms with Crippen molar-refractivity contribution in [2.75, 3.05) is 5.32 Å². The summed E-state index contributed by atoms with van der Waals surface area (Å²) in [5.74, 6) is -0.863. The average Bonchev–Trinajstić information content (AvgIpc) is 2.95. The quantitative estimate of drug-likeness (QED) is 0.317. The maximum atomic E-state index is 12.5. The lowest BCUT2D eigenvalue weighted by molar-refractivity contribution is -0.113. The van der Waals surface area contributed by atoms with Gasteiger partial charge >= 0.3 is 5.69 Å². The molecule has 0 unspecified atom stereocenters. The van der Waals surface area contributed by atoms with Gasteiger partial charge in [-0.15, -0.1) is 10.2 Å². The van der Waals surface area contributed by atoms with E-state index < -0.39 is 5.91 Å². The molecular formula is C19H19N5O3. The standard InChI is InChI=1S/C19H19N5O3/c1-10-4-6-14(11(2)8-10)23-24-17(12(3)25)18(26)20-13-5-7-15-16(9-13)22-19(27)21-15/h4-9,25H,1-3H3,(H,20,26)(H2,21,22,27)/b17-12+,24-23?. The van der Waals surface area contributed by atoms with E-state index in [1.807, 2.05) is 26.0 Å². The van der Waals surface area contributed by atoms with E-state index in [1.54, 1.807) is 24.3 Å². The Hall–Kier alpha value is -3.68. The van der Waals surface area contributed by atoms with Crippen LogP contribution < -0.4 is 11.0 Å². The van der Waals surface area contributed by atoms with Crippen LogP contribution >= 0.6 is 0 Å². The minimum Gasteiger partial charge on any atom is -0.510 e. The summed E-state index contributed by atoms with van der Waals surface area (Å²) in [4.78, 5) is 29.1. The molecule has 3 aromatic rings. The van der Waals surface area contributed by atoms with Crippen molar-refractivity contribution in [1.29, 1.82) is 0 Å². The van der Waals surface area contributed by atoms with Gasteiger partial charge in [-0.1, -0.05) is 17.7 Å². The predicted molar refractivity (Wildman–Crippen MR) is 103 cm³/mol. The topological polar surface area (TPSA) is 123 Å². The maximum absolute atomic E-state index is 12.5. The number of azo groups is 1. The highest BCUT2D eigenvalue weighted by atomic mass is 16.3. The number of aliphatic hydroxyl groups excluding tert-OH is 1. The number of carbonyl (C=O) groups excluding carboxylic acids is 1. The summed E-state index contributed by atoms with van der Waals surface area (Å²) in [6.45, 7) is 5.23. The Morgan fingerprint density at radius 1 is 1.07 bits per heavy atom. The molecule has 2 aromatic carbocycles. The van der Waals surface area contributed by atoms with Crippen molar-refractivity contribution in [2.45, 2.75) is 20.8 Å². The molecular weight excluding hydrogens is 346 g/mol. The van der Waals surface area contributed by atoms with Gasteiger partial charge in [-0.25, -0.2) is 4.79 Å². The predicted octanol–water partition coefficient (Wildman–Crippen LogP) is 3.98. The Kier molecular flexibility index (Phi) is 4.89. The first-order valence-corrected chi connectivity index (χ1v) is 8.26. The highest BCUT2D eigenvalue weighted by Gasteiger charge is 2.14. The van der Waals surface area contributed by atoms with Crippen LogP contribution in [0.4, 0.5) is 11.4 Å². The second-order valence-corrected chi connectivity index (χ2v) is 6.22. The van der Waals surface area contributed by atoms with Gasteiger partial charge in [0.1, 0.15) is 5.76 Å². The first kappa shape index (κ1) is 18.1. The van der Waals surface area contributed by atoms with Crippen molar-refractivity contribution in [1.82, 2.24) is 9.97 Å². The van der Waals surface area contributed by atoms with Gasteiger partial charge in [-0.2, -0.15) is 0 Å². The van der Waals surface area contributed by atoms with E-state index in [4.69, 9.17) is 0 Å². The summed E-state index contributed by atoms with van der Waals surface area (Å²) in [5.41, 5.74) is 3.72. The third-order valence-electron chi connectivity index (χ3n) is 3.94. The molecule has 0 aliphatic carbocycles. The zero-order valence-corrected chi connectivity index (χ0v) is 15.1. The highest BCUT2D eigenvalue weighted by molar-refractivity contribution is 6.04. The number of hydrogen-bond acceptors (Lipinski definition) is 5. The Morgan fingerprint density at radius 2 is 1.81 bits per heavy atom. The van der Waals surface area contributed by atoms with Crippen LogP contribution in [0.3, 0.4) is 0 Å². The number of imidazole rings is 1. The average molecular weight is 365 g/mol. The Morgan fingerprint density at radius 3 is 2.52 bits per heavy atom. The second kappa shape index (κ2) is 7.28. The number of hydrogen-bond donors (Lipinski definition) is 4. The van der Waals surface area contributed by atoms with E-state index in [1.165, 1.54) is 6.92 Å². The van der Waals surface area contributed by atoms with Gasteiger partial charge in [-0.3, -0.25) is 4.79 Å². The van der Waals surface area contributed by atoms with Crippen LogP contribution in [-0.2, 0) is 4.79 Å². The van der Waals surface area contributed by atoms with Crippen molar-refractivity contribution in [2.24, 2.45) is 10.2 Å². The molecule has 1 aromatic heterocycles. The van der Waals surface area contributed by atoms with Gasteiger partial charge in [0, 0.05) is 5.69 Å². The number of H-pyrrole nitrogens is 2. The third kappa shape index (κ3) is 4.12. The zero-order valence-electron chi connectivity index (χ0n) is 15.1. The van der Waals surface area contributed by atoms with Gasteiger partial charge in [0.2, 0.25) is 0 Å². The minimum absolute atomic E-state index is 0.197. The number of nitrogens with zero attached hydrogens (tertiary/aromatic N) is 2. The molecule has 0 fully saturated rings. The Bertz CT molecular complexity index is 1130. The summed E-state index contributed by atoms with van der Waals surface area (Å²) >= 11 is 0. The number of amides is 1. The molecule has 0 aliphatic heterocycles. The van der Waals surface area contributed by atoms with Crippen molar-refractivity contribution in [3.63, 3.8) is 0 Å². The summed E-state index contributed by atoms with van der Waals surface area (Å²) < 4.78 is 0. The van der Waals surface area contributed by atoms with E-state index >= 15 is 0 Å². The summed E-state index contributed by atoms with van der Waals surface area (Å²) in [6, 6.07) is 10.5. The van der Waals surface area contributed by atoms with Gasteiger partial charge in [0.15, 0.2) is 5.70 Å². The van der Waals surface area contributed by atoms with Crippen LogP contribution in [0.15, 0.2) is 62.9 Å². The van der Waals surface area contributed by atoms with E-state index in [0.29, 0.717) is 22.4 Å². The molecule has 4 N–H and O–H groups in total. The number of aromatic amines is 2. The first-order chi connectivity index (χ1) is 12.8. The number of carbonyl (C=O) groups is 1. The van der Waals surface area contributed by atoms with Gasteiger partial charge in [0.05, 0.1) is 16.7 Å². The van der Waals surface area contributed by atoms with E-state index in [2.05, 4.69) is 25.5 Å². The lowest BCUT2D eigenvalue weighted by Crippen LogP contribution is -2.14. The Balaban J connectivity index is 1.83. The van der Waals surface area contributed by atoms with Crippen LogP contribution in [0, 0.1) is 13.8 Å². The van der Waals surface area contributed by atoms with Gasteiger partial charge in [0.25, 0.3) is 5.91 Å². The van der Waals surface area contributed by atoms with Crippen LogP contribution in [0.1, 0.15) is 18.1 Å². The zero-order chi connectivity index (χ0) is 19.6. The fourth-order valence-electron chi connectivity index (χ4n) is 2.60. The second-order valence-electron chi connectivity index (χ2n) is 6.22. The molecule has 138 valence electrons. The number of anilines is 1. The Labute approximate surface area is 154 Å². The highest BCUT2D eigenvalue weighted by Crippen LogP contribution is 2.22. The molecule has 0 bridgehead atoms. The monoisotopic (exact) mass is 365 g/mol. The lowest BCUT2D eigenvalue weighted by Gasteiger charge is -2.06. The summed E-state index contributed by atoms with van der Waals surface area (Å²) in [5, 5.41) is 20.5. The number of nitrogens with one attached hydrogen (secondary N) is 3. The van der Waals surface area contributed by atoms with Crippen molar-refractivity contribution < 1.29 is 9.90 Å². The van der Waals surface area contributed by atoms with Crippen LogP contribution in [0.5, 0.6) is 0 Å². The molecule has 0 atom stereocenters. The minimum atomic E-state index is -0.610. The molecule has 3 rings (SSSR count). The molecule has 0 radical (unpaired) electrons. The molecule has 0 saturated heterocycles. The molecule has 8 heteroatoms. The number of benzene rings is 2. The lowest BCUT2D eigenvalue weighted by atomic mass is 10.1. The SMILES string of the molecule is C/C(O)=C(\N=Nc1ccc(C)cc1C)C(=O)Nc1ccc2[nH]c(=O)[nH]c2c1. The molecule has 27 heavy (non-hydrogen) atoms. The number of aliphatic hydroxyl groups is 1. The van der Waals surface area contributed by atoms with Crippen LogP contribution in [-0.4, -0.2) is 21.0 Å². The summed E-state index contributed by atoms with van der Waals surface area (Å²) in [7, 11) is 0. The number of aryl methyl sites for hydroxylation is 2. The van der Waals surface area contributed by atoms with Crippen molar-refractivity contribution in [3.05, 3.63) is 69.5 Å². The third-order valence-corrected chi connectivity index (χ3v) is 3.94.